The van der Waals surface area contributed by atoms with Gasteiger partial charge in [-0.15, -0.1) is 0 Å². The van der Waals surface area contributed by atoms with Gasteiger partial charge in [0.25, 0.3) is 5.91 Å². The van der Waals surface area contributed by atoms with E-state index >= 15 is 0 Å². The number of benzene rings is 1. The molecule has 1 atom stereocenters. The topological polar surface area (TPSA) is 50.2 Å². The number of hydrogen-bond acceptors (Lipinski definition) is 3. The molecule has 1 amide bonds. The van der Waals surface area contributed by atoms with Gasteiger partial charge < -0.3 is 10.2 Å². The average molecular weight is 364 g/mol. The van der Waals surface area contributed by atoms with Crippen molar-refractivity contribution < 1.29 is 4.79 Å². The summed E-state index contributed by atoms with van der Waals surface area (Å²) in [4.78, 5) is 15.1. The number of amides is 1. The lowest BCUT2D eigenvalue weighted by atomic mass is 9.93. The molecule has 0 unspecified atom stereocenters. The minimum absolute atomic E-state index is 0.0832. The van der Waals surface area contributed by atoms with Crippen LogP contribution in [-0.2, 0) is 0 Å². The van der Waals surface area contributed by atoms with Crippen LogP contribution in [0.15, 0.2) is 54.7 Å². The van der Waals surface area contributed by atoms with Crippen LogP contribution in [0.4, 0.5) is 5.82 Å². The third-order valence-corrected chi connectivity index (χ3v) is 5.74. The molecule has 0 saturated carbocycles. The largest absolute Gasteiger partial charge is 0.307 e. The standard InChI is InChI=1S/C22H28N4O/c27-22(19-9-5-2-6-10-19)24-21-11-14-23-26(21)20-12-15-25(16-13-20)17-18-7-3-1-4-8-18/h1-3,5-6,9-11,14,18,20H,4,7-8,12-13,15-17H2,(H,24,27)/t18-/m1/s1. The fourth-order valence-electron chi connectivity index (χ4n) is 4.22. The predicted molar refractivity (Wildman–Crippen MR) is 108 cm³/mol. The molecule has 2 aromatic rings. The Bertz CT molecular complexity index is 775. The van der Waals surface area contributed by atoms with Crippen LogP contribution in [-0.4, -0.2) is 40.2 Å². The zero-order chi connectivity index (χ0) is 18.5. The Morgan fingerprint density at radius 3 is 2.63 bits per heavy atom. The van der Waals surface area contributed by atoms with E-state index in [9.17, 15) is 4.79 Å². The number of piperidine rings is 1. The fourth-order valence-corrected chi connectivity index (χ4v) is 4.22. The molecule has 0 radical (unpaired) electrons. The SMILES string of the molecule is O=C(Nc1ccnn1C1CCN(C[C@@H]2CC=CCC2)CC1)c1ccccc1. The molecule has 2 heterocycles. The summed E-state index contributed by atoms with van der Waals surface area (Å²) in [5, 5.41) is 7.52. The van der Waals surface area contributed by atoms with Gasteiger partial charge in [0.1, 0.15) is 5.82 Å². The van der Waals surface area contributed by atoms with Crippen molar-refractivity contribution in [3.63, 3.8) is 0 Å². The molecule has 1 aliphatic heterocycles. The number of anilines is 1. The summed E-state index contributed by atoms with van der Waals surface area (Å²) in [5.74, 6) is 1.52. The molecule has 1 N–H and O–H groups in total. The van der Waals surface area contributed by atoms with Crippen molar-refractivity contribution in [1.29, 1.82) is 0 Å². The van der Waals surface area contributed by atoms with Gasteiger partial charge in [-0.2, -0.15) is 5.10 Å². The zero-order valence-corrected chi connectivity index (χ0v) is 15.8. The van der Waals surface area contributed by atoms with Crippen molar-refractivity contribution in [2.75, 3.05) is 25.0 Å². The van der Waals surface area contributed by atoms with E-state index in [0.717, 1.165) is 37.7 Å². The van der Waals surface area contributed by atoms with E-state index in [1.165, 1.54) is 25.8 Å². The summed E-state index contributed by atoms with van der Waals surface area (Å²) in [5.41, 5.74) is 0.668. The van der Waals surface area contributed by atoms with Gasteiger partial charge in [0, 0.05) is 31.3 Å². The minimum atomic E-state index is -0.0832. The highest BCUT2D eigenvalue weighted by molar-refractivity contribution is 6.03. The smallest absolute Gasteiger partial charge is 0.256 e. The van der Waals surface area contributed by atoms with E-state index in [2.05, 4.69) is 27.5 Å². The molecule has 142 valence electrons. The van der Waals surface area contributed by atoms with Gasteiger partial charge in [0.05, 0.1) is 12.2 Å². The third kappa shape index (κ3) is 4.48. The second kappa shape index (κ2) is 8.53. The molecular formula is C22H28N4O. The maximum absolute atomic E-state index is 12.5. The lowest BCUT2D eigenvalue weighted by Gasteiger charge is -2.35. The second-order valence-electron chi connectivity index (χ2n) is 7.66. The Morgan fingerprint density at radius 1 is 1.07 bits per heavy atom. The van der Waals surface area contributed by atoms with Gasteiger partial charge in [-0.25, -0.2) is 4.68 Å². The first-order valence-electron chi connectivity index (χ1n) is 10.1. The number of allylic oxidation sites excluding steroid dienone is 2. The van der Waals surface area contributed by atoms with E-state index in [1.807, 2.05) is 41.1 Å². The Hall–Kier alpha value is -2.40. The lowest BCUT2D eigenvalue weighted by molar-refractivity contribution is 0.102. The Kier molecular flexibility index (Phi) is 5.68. The predicted octanol–water partition coefficient (Wildman–Crippen LogP) is 4.13. The van der Waals surface area contributed by atoms with Crippen LogP contribution in [0.2, 0.25) is 0 Å². The summed E-state index contributed by atoms with van der Waals surface area (Å²) in [6, 6.07) is 11.6. The lowest BCUT2D eigenvalue weighted by Crippen LogP contribution is -2.38. The van der Waals surface area contributed by atoms with E-state index in [-0.39, 0.29) is 5.91 Å². The molecule has 0 spiro atoms. The van der Waals surface area contributed by atoms with Crippen LogP contribution >= 0.6 is 0 Å². The quantitative estimate of drug-likeness (QED) is 0.812. The van der Waals surface area contributed by atoms with Crippen molar-refractivity contribution in [3.8, 4) is 0 Å². The molecule has 5 heteroatoms. The van der Waals surface area contributed by atoms with Crippen molar-refractivity contribution >= 4 is 11.7 Å². The number of hydrogen-bond donors (Lipinski definition) is 1. The summed E-state index contributed by atoms with van der Waals surface area (Å²) in [7, 11) is 0. The zero-order valence-electron chi connectivity index (χ0n) is 15.8. The van der Waals surface area contributed by atoms with E-state index in [0.29, 0.717) is 11.6 Å². The van der Waals surface area contributed by atoms with Crippen LogP contribution in [0.3, 0.4) is 0 Å². The summed E-state index contributed by atoms with van der Waals surface area (Å²) in [6.07, 6.45) is 12.4. The summed E-state index contributed by atoms with van der Waals surface area (Å²) in [6.45, 7) is 3.43. The number of likely N-dealkylation sites (tertiary alicyclic amines) is 1. The number of aromatic nitrogens is 2. The van der Waals surface area contributed by atoms with Crippen LogP contribution in [0, 0.1) is 5.92 Å². The molecule has 1 aromatic heterocycles. The molecular weight excluding hydrogens is 336 g/mol. The van der Waals surface area contributed by atoms with Crippen molar-refractivity contribution in [3.05, 3.63) is 60.3 Å². The van der Waals surface area contributed by atoms with E-state index < -0.39 is 0 Å². The first kappa shape index (κ1) is 18.0. The monoisotopic (exact) mass is 364 g/mol. The minimum Gasteiger partial charge on any atom is -0.307 e. The fraction of sp³-hybridized carbons (Fsp3) is 0.455. The molecule has 0 bridgehead atoms. The van der Waals surface area contributed by atoms with Crippen molar-refractivity contribution in [2.45, 2.75) is 38.1 Å². The number of carbonyl (C=O) groups excluding carboxylic acids is 1. The maximum Gasteiger partial charge on any atom is 0.256 e. The van der Waals surface area contributed by atoms with Crippen LogP contribution in [0.1, 0.15) is 48.5 Å². The molecule has 1 fully saturated rings. The molecule has 2 aliphatic rings. The first-order chi connectivity index (χ1) is 13.3. The van der Waals surface area contributed by atoms with Crippen molar-refractivity contribution in [2.24, 2.45) is 5.92 Å². The maximum atomic E-state index is 12.5. The normalized spacial score (nSPS) is 21.3. The Labute approximate surface area is 161 Å². The van der Waals surface area contributed by atoms with Gasteiger partial charge >= 0.3 is 0 Å². The second-order valence-corrected chi connectivity index (χ2v) is 7.66. The molecule has 1 aliphatic carbocycles. The Morgan fingerprint density at radius 2 is 1.89 bits per heavy atom. The molecule has 27 heavy (non-hydrogen) atoms. The first-order valence-corrected chi connectivity index (χ1v) is 10.1. The van der Waals surface area contributed by atoms with Gasteiger partial charge in [0.2, 0.25) is 0 Å². The van der Waals surface area contributed by atoms with Crippen LogP contribution in [0.5, 0.6) is 0 Å². The molecule has 5 nitrogen and oxygen atoms in total. The number of nitrogens with zero attached hydrogens (tertiary/aromatic N) is 3. The van der Waals surface area contributed by atoms with Gasteiger partial charge in [0.15, 0.2) is 0 Å². The summed E-state index contributed by atoms with van der Waals surface area (Å²) >= 11 is 0. The van der Waals surface area contributed by atoms with E-state index in [1.54, 1.807) is 6.20 Å². The summed E-state index contributed by atoms with van der Waals surface area (Å²) < 4.78 is 2.00. The number of rotatable bonds is 5. The Balaban J connectivity index is 1.33. The molecule has 1 saturated heterocycles. The number of nitrogens with one attached hydrogen (secondary N) is 1. The van der Waals surface area contributed by atoms with Gasteiger partial charge in [-0.05, 0) is 50.2 Å². The highest BCUT2D eigenvalue weighted by Gasteiger charge is 2.25. The van der Waals surface area contributed by atoms with Crippen molar-refractivity contribution in [1.82, 2.24) is 14.7 Å². The highest BCUT2D eigenvalue weighted by Crippen LogP contribution is 2.27. The van der Waals surface area contributed by atoms with Crippen LogP contribution < -0.4 is 5.32 Å². The van der Waals surface area contributed by atoms with Gasteiger partial charge in [-0.1, -0.05) is 30.4 Å². The van der Waals surface area contributed by atoms with Crippen LogP contribution in [0.25, 0.3) is 0 Å². The molecule has 4 rings (SSSR count). The van der Waals surface area contributed by atoms with Gasteiger partial charge in [-0.3, -0.25) is 4.79 Å². The highest BCUT2D eigenvalue weighted by atomic mass is 16.1. The molecule has 1 aromatic carbocycles. The number of carbonyl (C=O) groups is 1. The third-order valence-electron chi connectivity index (χ3n) is 5.74. The van der Waals surface area contributed by atoms with E-state index in [4.69, 9.17) is 0 Å². The average Bonchev–Trinajstić information content (AvgIpc) is 3.18.